The number of esters is 1. The third kappa shape index (κ3) is 2.57. The molecular formula is C11H11ClO3. The van der Waals surface area contributed by atoms with Crippen molar-refractivity contribution in [2.75, 3.05) is 6.61 Å². The Labute approximate surface area is 93.0 Å². The van der Waals surface area contributed by atoms with Crippen molar-refractivity contribution < 1.29 is 14.3 Å². The van der Waals surface area contributed by atoms with Gasteiger partial charge in [0, 0.05) is 10.6 Å². The summed E-state index contributed by atoms with van der Waals surface area (Å²) in [5.41, 5.74) is 1.25. The van der Waals surface area contributed by atoms with Crippen LogP contribution in [0.5, 0.6) is 0 Å². The first-order valence-corrected chi connectivity index (χ1v) is 4.90. The Morgan fingerprint density at radius 1 is 1.53 bits per heavy atom. The normalized spacial score (nSPS) is 9.80. The highest BCUT2D eigenvalue weighted by atomic mass is 35.5. The second-order valence-electron chi connectivity index (χ2n) is 3.03. The minimum atomic E-state index is -0.501. The van der Waals surface area contributed by atoms with Crippen LogP contribution in [0, 0.1) is 6.92 Å². The van der Waals surface area contributed by atoms with Gasteiger partial charge >= 0.3 is 5.97 Å². The summed E-state index contributed by atoms with van der Waals surface area (Å²) in [6, 6.07) is 3.03. The summed E-state index contributed by atoms with van der Waals surface area (Å²) in [4.78, 5) is 22.2. The van der Waals surface area contributed by atoms with Crippen molar-refractivity contribution >= 4 is 23.9 Å². The molecule has 1 aromatic rings. The highest BCUT2D eigenvalue weighted by molar-refractivity contribution is 6.31. The lowest BCUT2D eigenvalue weighted by Crippen LogP contribution is -2.08. The maximum absolute atomic E-state index is 11.5. The summed E-state index contributed by atoms with van der Waals surface area (Å²) in [5.74, 6) is -0.501. The lowest BCUT2D eigenvalue weighted by Gasteiger charge is -2.06. The molecule has 0 unspecified atom stereocenters. The van der Waals surface area contributed by atoms with E-state index in [1.54, 1.807) is 19.9 Å². The molecule has 0 radical (unpaired) electrons. The molecule has 0 heterocycles. The predicted molar refractivity (Wildman–Crippen MR) is 57.5 cm³/mol. The van der Waals surface area contributed by atoms with Crippen LogP contribution in [0.1, 0.15) is 33.2 Å². The van der Waals surface area contributed by atoms with Crippen LogP contribution in [0.25, 0.3) is 0 Å². The number of aldehydes is 1. The molecule has 0 saturated carbocycles. The van der Waals surface area contributed by atoms with E-state index in [0.717, 1.165) is 5.56 Å². The zero-order chi connectivity index (χ0) is 11.4. The van der Waals surface area contributed by atoms with Crippen molar-refractivity contribution in [3.8, 4) is 0 Å². The summed E-state index contributed by atoms with van der Waals surface area (Å²) in [7, 11) is 0. The fourth-order valence-electron chi connectivity index (χ4n) is 1.18. The quantitative estimate of drug-likeness (QED) is 0.588. The Morgan fingerprint density at radius 2 is 2.20 bits per heavy atom. The van der Waals surface area contributed by atoms with Gasteiger partial charge in [-0.05, 0) is 31.5 Å². The summed E-state index contributed by atoms with van der Waals surface area (Å²) >= 11 is 5.84. The van der Waals surface area contributed by atoms with Crippen molar-refractivity contribution in [3.63, 3.8) is 0 Å². The van der Waals surface area contributed by atoms with E-state index in [1.807, 2.05) is 0 Å². The predicted octanol–water partition coefficient (Wildman–Crippen LogP) is 2.64. The molecule has 0 aromatic heterocycles. The molecule has 0 aliphatic rings. The van der Waals surface area contributed by atoms with Crippen LogP contribution in [-0.2, 0) is 4.74 Å². The van der Waals surface area contributed by atoms with E-state index in [4.69, 9.17) is 16.3 Å². The average molecular weight is 227 g/mol. The van der Waals surface area contributed by atoms with Gasteiger partial charge in [0.15, 0.2) is 6.29 Å². The topological polar surface area (TPSA) is 43.4 Å². The molecule has 0 aliphatic carbocycles. The standard InChI is InChI=1S/C11H11ClO3/c1-3-15-11(14)9-4-7(2)10(12)5-8(9)6-13/h4-6H,3H2,1-2H3. The number of ether oxygens (including phenoxy) is 1. The summed E-state index contributed by atoms with van der Waals surface area (Å²) in [6.45, 7) is 3.75. The van der Waals surface area contributed by atoms with Crippen molar-refractivity contribution in [1.29, 1.82) is 0 Å². The maximum Gasteiger partial charge on any atom is 0.338 e. The first-order valence-electron chi connectivity index (χ1n) is 4.52. The summed E-state index contributed by atoms with van der Waals surface area (Å²) in [5, 5.41) is 0.463. The molecule has 0 saturated heterocycles. The maximum atomic E-state index is 11.5. The number of hydrogen-bond acceptors (Lipinski definition) is 3. The van der Waals surface area contributed by atoms with Gasteiger partial charge in [-0.25, -0.2) is 4.79 Å². The van der Waals surface area contributed by atoms with Crippen molar-refractivity contribution in [2.45, 2.75) is 13.8 Å². The van der Waals surface area contributed by atoms with E-state index in [2.05, 4.69) is 0 Å². The fourth-order valence-corrected chi connectivity index (χ4v) is 1.35. The van der Waals surface area contributed by atoms with Crippen LogP contribution in [0.3, 0.4) is 0 Å². The van der Waals surface area contributed by atoms with E-state index in [9.17, 15) is 9.59 Å². The van der Waals surface area contributed by atoms with Crippen LogP contribution in [0.2, 0.25) is 5.02 Å². The minimum Gasteiger partial charge on any atom is -0.462 e. The van der Waals surface area contributed by atoms with Crippen molar-refractivity contribution in [3.05, 3.63) is 33.8 Å². The first-order chi connectivity index (χ1) is 7.10. The Morgan fingerprint density at radius 3 is 2.73 bits per heavy atom. The molecule has 0 spiro atoms. The molecule has 0 bridgehead atoms. The SMILES string of the molecule is CCOC(=O)c1cc(C)c(Cl)cc1C=O. The van der Waals surface area contributed by atoms with Gasteiger partial charge in [-0.3, -0.25) is 4.79 Å². The second-order valence-corrected chi connectivity index (χ2v) is 3.43. The monoisotopic (exact) mass is 226 g/mol. The van der Waals surface area contributed by atoms with Gasteiger partial charge in [0.2, 0.25) is 0 Å². The third-order valence-corrected chi connectivity index (χ3v) is 2.36. The molecule has 0 N–H and O–H groups in total. The smallest absolute Gasteiger partial charge is 0.338 e. The number of aryl methyl sites for hydroxylation is 1. The molecule has 0 amide bonds. The minimum absolute atomic E-state index is 0.254. The highest BCUT2D eigenvalue weighted by Gasteiger charge is 2.13. The van der Waals surface area contributed by atoms with E-state index in [0.29, 0.717) is 11.3 Å². The molecule has 1 aromatic carbocycles. The number of halogens is 1. The molecule has 3 nitrogen and oxygen atoms in total. The molecule has 0 aliphatic heterocycles. The molecule has 1 rings (SSSR count). The zero-order valence-electron chi connectivity index (χ0n) is 8.54. The number of rotatable bonds is 3. The number of benzene rings is 1. The van der Waals surface area contributed by atoms with E-state index < -0.39 is 5.97 Å². The molecule has 80 valence electrons. The molecule has 0 atom stereocenters. The van der Waals surface area contributed by atoms with Gasteiger partial charge < -0.3 is 4.74 Å². The van der Waals surface area contributed by atoms with Crippen LogP contribution < -0.4 is 0 Å². The summed E-state index contributed by atoms with van der Waals surface area (Å²) < 4.78 is 4.82. The van der Waals surface area contributed by atoms with Gasteiger partial charge in [0.1, 0.15) is 0 Å². The number of carbonyl (C=O) groups excluding carboxylic acids is 2. The lowest BCUT2D eigenvalue weighted by atomic mass is 10.1. The van der Waals surface area contributed by atoms with E-state index >= 15 is 0 Å². The van der Waals surface area contributed by atoms with E-state index in [1.165, 1.54) is 6.07 Å². The Bertz CT molecular complexity index is 399. The highest BCUT2D eigenvalue weighted by Crippen LogP contribution is 2.20. The number of hydrogen-bond donors (Lipinski definition) is 0. The van der Waals surface area contributed by atoms with Gasteiger partial charge in [0.25, 0.3) is 0 Å². The summed E-state index contributed by atoms with van der Waals surface area (Å²) in [6.07, 6.45) is 0.595. The zero-order valence-corrected chi connectivity index (χ0v) is 9.30. The van der Waals surface area contributed by atoms with Crippen molar-refractivity contribution in [2.24, 2.45) is 0 Å². The van der Waals surface area contributed by atoms with Crippen molar-refractivity contribution in [1.82, 2.24) is 0 Å². The van der Waals surface area contributed by atoms with Crippen LogP contribution in [-0.4, -0.2) is 18.9 Å². The Balaban J connectivity index is 3.21. The van der Waals surface area contributed by atoms with E-state index in [-0.39, 0.29) is 17.7 Å². The van der Waals surface area contributed by atoms with Gasteiger partial charge in [-0.1, -0.05) is 11.6 Å². The molecular weight excluding hydrogens is 216 g/mol. The van der Waals surface area contributed by atoms with Crippen LogP contribution in [0.4, 0.5) is 0 Å². The first kappa shape index (κ1) is 11.7. The molecule has 4 heteroatoms. The lowest BCUT2D eigenvalue weighted by molar-refractivity contribution is 0.0524. The van der Waals surface area contributed by atoms with Crippen LogP contribution >= 0.6 is 11.6 Å². The third-order valence-electron chi connectivity index (χ3n) is 1.95. The van der Waals surface area contributed by atoms with Gasteiger partial charge in [-0.15, -0.1) is 0 Å². The fraction of sp³-hybridized carbons (Fsp3) is 0.273. The second kappa shape index (κ2) is 4.94. The average Bonchev–Trinajstić information content (AvgIpc) is 2.21. The molecule has 15 heavy (non-hydrogen) atoms. The van der Waals surface area contributed by atoms with Crippen LogP contribution in [0.15, 0.2) is 12.1 Å². The van der Waals surface area contributed by atoms with Gasteiger partial charge in [0.05, 0.1) is 12.2 Å². The Kier molecular flexibility index (Phi) is 3.86. The Hall–Kier alpha value is -1.35. The number of carbonyl (C=O) groups is 2. The molecule has 0 fully saturated rings. The van der Waals surface area contributed by atoms with Gasteiger partial charge in [-0.2, -0.15) is 0 Å². The largest absolute Gasteiger partial charge is 0.462 e.